The third kappa shape index (κ3) is 5.19. The summed E-state index contributed by atoms with van der Waals surface area (Å²) in [5.41, 5.74) is -0.127. The Hall–Kier alpha value is -1.60. The molecule has 1 amide bonds. The van der Waals surface area contributed by atoms with E-state index in [0.29, 0.717) is 19.7 Å². The number of rotatable bonds is 6. The Morgan fingerprint density at radius 1 is 1.24 bits per heavy atom. The number of likely N-dealkylation sites (tertiary alicyclic amines) is 1. The quantitative estimate of drug-likeness (QED) is 0.832. The number of aromatic hydroxyl groups is 1. The van der Waals surface area contributed by atoms with Crippen LogP contribution in [-0.4, -0.2) is 50.0 Å². The summed E-state index contributed by atoms with van der Waals surface area (Å²) >= 11 is 0. The standard InChI is InChI=1S/C18H27NO5S/c1-14(2)17(21)19-10-8-18(3,9-11-19)12-24-13-25(22,23)16-6-4-15(20)5-7-16/h4-7,14,20H,8-13H2,1-3H3. The molecule has 1 saturated heterocycles. The van der Waals surface area contributed by atoms with Crippen molar-refractivity contribution in [1.29, 1.82) is 0 Å². The van der Waals surface area contributed by atoms with Gasteiger partial charge in [-0.2, -0.15) is 0 Å². The van der Waals surface area contributed by atoms with E-state index in [1.807, 2.05) is 18.7 Å². The molecule has 0 spiro atoms. The molecule has 7 heteroatoms. The summed E-state index contributed by atoms with van der Waals surface area (Å²) in [5, 5.41) is 9.24. The number of carbonyl (C=O) groups is 1. The Morgan fingerprint density at radius 2 is 1.80 bits per heavy atom. The molecule has 0 bridgehead atoms. The van der Waals surface area contributed by atoms with Gasteiger partial charge in [0.25, 0.3) is 0 Å². The predicted molar refractivity (Wildman–Crippen MR) is 94.9 cm³/mol. The van der Waals surface area contributed by atoms with Crippen LogP contribution in [-0.2, 0) is 19.4 Å². The second kappa shape index (κ2) is 7.74. The first-order valence-electron chi connectivity index (χ1n) is 8.51. The van der Waals surface area contributed by atoms with Crippen molar-refractivity contribution in [2.45, 2.75) is 38.5 Å². The minimum absolute atomic E-state index is 0.00365. The van der Waals surface area contributed by atoms with Gasteiger partial charge in [0.15, 0.2) is 5.94 Å². The number of amides is 1. The number of sulfone groups is 1. The molecular weight excluding hydrogens is 342 g/mol. The molecule has 1 aromatic carbocycles. The van der Waals surface area contributed by atoms with Gasteiger partial charge in [-0.3, -0.25) is 4.79 Å². The summed E-state index contributed by atoms with van der Waals surface area (Å²) in [6.07, 6.45) is 1.59. The average molecular weight is 369 g/mol. The fourth-order valence-corrected chi connectivity index (χ4v) is 3.89. The van der Waals surface area contributed by atoms with Gasteiger partial charge in [0, 0.05) is 19.0 Å². The minimum Gasteiger partial charge on any atom is -0.508 e. The average Bonchev–Trinajstić information content (AvgIpc) is 2.55. The predicted octanol–water partition coefficient (Wildman–Crippen LogP) is 2.42. The molecule has 0 saturated carbocycles. The van der Waals surface area contributed by atoms with Gasteiger partial charge >= 0.3 is 0 Å². The fraction of sp³-hybridized carbons (Fsp3) is 0.611. The van der Waals surface area contributed by atoms with Gasteiger partial charge in [-0.15, -0.1) is 0 Å². The zero-order valence-corrected chi connectivity index (χ0v) is 15.9. The Morgan fingerprint density at radius 3 is 2.32 bits per heavy atom. The van der Waals surface area contributed by atoms with E-state index < -0.39 is 9.84 Å². The third-order valence-corrected chi connectivity index (χ3v) is 6.13. The van der Waals surface area contributed by atoms with Crippen molar-refractivity contribution in [3.63, 3.8) is 0 Å². The zero-order chi connectivity index (χ0) is 18.7. The van der Waals surface area contributed by atoms with Crippen LogP contribution in [0.25, 0.3) is 0 Å². The highest BCUT2D eigenvalue weighted by Gasteiger charge is 2.33. The van der Waals surface area contributed by atoms with Gasteiger partial charge in [-0.05, 0) is 42.5 Å². The summed E-state index contributed by atoms with van der Waals surface area (Å²) in [6.45, 7) is 7.56. The highest BCUT2D eigenvalue weighted by Crippen LogP contribution is 2.32. The normalized spacial score (nSPS) is 17.7. The van der Waals surface area contributed by atoms with Crippen molar-refractivity contribution in [2.75, 3.05) is 25.6 Å². The smallest absolute Gasteiger partial charge is 0.225 e. The molecule has 0 aliphatic carbocycles. The number of piperidine rings is 1. The maximum absolute atomic E-state index is 12.2. The summed E-state index contributed by atoms with van der Waals surface area (Å²) in [7, 11) is -3.54. The molecule has 2 rings (SSSR count). The molecule has 1 N–H and O–H groups in total. The summed E-state index contributed by atoms with van der Waals surface area (Å²) in [6, 6.07) is 5.42. The van der Waals surface area contributed by atoms with Crippen LogP contribution in [0.2, 0.25) is 0 Å². The SMILES string of the molecule is CC(C)C(=O)N1CCC(C)(COCS(=O)(=O)c2ccc(O)cc2)CC1. The lowest BCUT2D eigenvalue weighted by Gasteiger charge is -2.39. The maximum Gasteiger partial charge on any atom is 0.225 e. The molecule has 140 valence electrons. The van der Waals surface area contributed by atoms with Crippen LogP contribution in [0, 0.1) is 11.3 Å². The molecule has 1 aliphatic heterocycles. The van der Waals surface area contributed by atoms with E-state index in [9.17, 15) is 18.3 Å². The van der Waals surface area contributed by atoms with Crippen molar-refractivity contribution in [3.05, 3.63) is 24.3 Å². The highest BCUT2D eigenvalue weighted by atomic mass is 32.2. The van der Waals surface area contributed by atoms with Gasteiger partial charge < -0.3 is 14.7 Å². The number of benzene rings is 1. The summed E-state index contributed by atoms with van der Waals surface area (Å²) in [4.78, 5) is 14.0. The molecule has 1 heterocycles. The van der Waals surface area contributed by atoms with Crippen LogP contribution in [0.1, 0.15) is 33.6 Å². The van der Waals surface area contributed by atoms with Crippen LogP contribution >= 0.6 is 0 Å². The Balaban J connectivity index is 1.85. The van der Waals surface area contributed by atoms with Crippen molar-refractivity contribution in [2.24, 2.45) is 11.3 Å². The number of nitrogens with zero attached hydrogens (tertiary/aromatic N) is 1. The van der Waals surface area contributed by atoms with Crippen molar-refractivity contribution in [1.82, 2.24) is 4.90 Å². The van der Waals surface area contributed by atoms with Crippen molar-refractivity contribution < 1.29 is 23.1 Å². The first-order chi connectivity index (χ1) is 11.6. The molecule has 25 heavy (non-hydrogen) atoms. The number of carbonyl (C=O) groups excluding carboxylic acids is 1. The molecule has 1 fully saturated rings. The van der Waals surface area contributed by atoms with E-state index >= 15 is 0 Å². The Labute approximate surface area is 149 Å². The molecule has 0 aromatic heterocycles. The van der Waals surface area contributed by atoms with E-state index in [4.69, 9.17) is 4.74 Å². The van der Waals surface area contributed by atoms with Crippen LogP contribution < -0.4 is 0 Å². The Kier molecular flexibility index (Phi) is 6.11. The van der Waals surface area contributed by atoms with Crippen LogP contribution in [0.5, 0.6) is 5.75 Å². The van der Waals surface area contributed by atoms with Gasteiger partial charge in [0.2, 0.25) is 15.7 Å². The second-order valence-electron chi connectivity index (χ2n) is 7.37. The van der Waals surface area contributed by atoms with Crippen LogP contribution in [0.3, 0.4) is 0 Å². The minimum atomic E-state index is -3.54. The monoisotopic (exact) mass is 369 g/mol. The highest BCUT2D eigenvalue weighted by molar-refractivity contribution is 7.91. The third-order valence-electron chi connectivity index (χ3n) is 4.66. The molecule has 0 radical (unpaired) electrons. The van der Waals surface area contributed by atoms with Gasteiger partial charge in [0.1, 0.15) is 5.75 Å². The van der Waals surface area contributed by atoms with Gasteiger partial charge in [0.05, 0.1) is 11.5 Å². The van der Waals surface area contributed by atoms with E-state index in [2.05, 4.69) is 6.92 Å². The molecule has 0 atom stereocenters. The van der Waals surface area contributed by atoms with Crippen molar-refractivity contribution in [3.8, 4) is 5.75 Å². The van der Waals surface area contributed by atoms with Crippen LogP contribution in [0.4, 0.5) is 0 Å². The topological polar surface area (TPSA) is 83.9 Å². The fourth-order valence-electron chi connectivity index (χ4n) is 2.90. The number of hydrogen-bond acceptors (Lipinski definition) is 5. The van der Waals surface area contributed by atoms with Crippen LogP contribution in [0.15, 0.2) is 29.2 Å². The lowest BCUT2D eigenvalue weighted by Crippen LogP contribution is -2.45. The largest absolute Gasteiger partial charge is 0.508 e. The number of phenolic OH excluding ortho intramolecular Hbond substituents is 1. The van der Waals surface area contributed by atoms with E-state index in [-0.39, 0.29) is 33.8 Å². The first kappa shape index (κ1) is 19.7. The number of ether oxygens (including phenoxy) is 1. The number of hydrogen-bond donors (Lipinski definition) is 1. The van der Waals surface area contributed by atoms with Gasteiger partial charge in [-0.1, -0.05) is 20.8 Å². The molecular formula is C18H27NO5S. The lowest BCUT2D eigenvalue weighted by molar-refractivity contribution is -0.137. The molecule has 6 nitrogen and oxygen atoms in total. The zero-order valence-electron chi connectivity index (χ0n) is 15.1. The van der Waals surface area contributed by atoms with E-state index in [0.717, 1.165) is 12.8 Å². The molecule has 1 aromatic rings. The first-order valence-corrected chi connectivity index (χ1v) is 10.2. The molecule has 1 aliphatic rings. The molecule has 0 unspecified atom stereocenters. The second-order valence-corrected chi connectivity index (χ2v) is 9.30. The Bertz CT molecular complexity index is 689. The summed E-state index contributed by atoms with van der Waals surface area (Å²) < 4.78 is 30.0. The number of phenols is 1. The summed E-state index contributed by atoms with van der Waals surface area (Å²) in [5.74, 6) is -0.203. The van der Waals surface area contributed by atoms with E-state index in [1.165, 1.54) is 24.3 Å². The lowest BCUT2D eigenvalue weighted by atomic mass is 9.81. The van der Waals surface area contributed by atoms with Gasteiger partial charge in [-0.25, -0.2) is 8.42 Å². The maximum atomic E-state index is 12.2. The van der Waals surface area contributed by atoms with E-state index in [1.54, 1.807) is 0 Å². The van der Waals surface area contributed by atoms with Crippen molar-refractivity contribution >= 4 is 15.7 Å².